The van der Waals surface area contributed by atoms with Crippen LogP contribution in [0.4, 0.5) is 5.00 Å². The number of amidine groups is 2. The Morgan fingerprint density at radius 1 is 1.13 bits per heavy atom. The molecule has 0 aliphatic carbocycles. The Labute approximate surface area is 178 Å². The fourth-order valence-corrected chi connectivity index (χ4v) is 3.63. The van der Waals surface area contributed by atoms with Crippen LogP contribution in [0.1, 0.15) is 18.1 Å². The van der Waals surface area contributed by atoms with Gasteiger partial charge in [0.2, 0.25) is 0 Å². The lowest BCUT2D eigenvalue weighted by molar-refractivity contribution is 0.443. The van der Waals surface area contributed by atoms with E-state index in [1.165, 1.54) is 11.5 Å². The molecule has 0 saturated heterocycles. The van der Waals surface area contributed by atoms with Crippen molar-refractivity contribution in [1.82, 2.24) is 14.4 Å². The van der Waals surface area contributed by atoms with Crippen molar-refractivity contribution in [3.63, 3.8) is 0 Å². The number of aromatic amines is 1. The Balaban J connectivity index is 1.58. The number of allylic oxidation sites excluding steroid dienone is 2. The largest absolute Gasteiger partial charge is 0.458 e. The molecule has 1 aliphatic heterocycles. The zero-order valence-corrected chi connectivity index (χ0v) is 17.2. The van der Waals surface area contributed by atoms with Gasteiger partial charge in [-0.15, -0.1) is 0 Å². The average molecular weight is 418 g/mol. The van der Waals surface area contributed by atoms with Crippen molar-refractivity contribution >= 4 is 28.2 Å². The molecule has 2 aromatic carbocycles. The monoisotopic (exact) mass is 417 g/mol. The van der Waals surface area contributed by atoms with Gasteiger partial charge < -0.3 is 4.74 Å². The van der Waals surface area contributed by atoms with Crippen LogP contribution in [0, 0.1) is 0 Å². The normalized spacial score (nSPS) is 13.3. The molecule has 0 spiro atoms. The van der Waals surface area contributed by atoms with E-state index in [2.05, 4.69) is 19.7 Å². The van der Waals surface area contributed by atoms with E-state index in [-0.39, 0.29) is 5.56 Å². The van der Waals surface area contributed by atoms with Crippen LogP contribution in [0.5, 0.6) is 5.75 Å². The molecule has 0 fully saturated rings. The van der Waals surface area contributed by atoms with E-state index in [0.29, 0.717) is 29.5 Å². The molecule has 4 rings (SSSR count). The Morgan fingerprint density at radius 3 is 2.60 bits per heavy atom. The first kappa shape index (κ1) is 19.5. The number of aromatic nitrogens is 1. The third kappa shape index (κ3) is 4.60. The van der Waals surface area contributed by atoms with Crippen LogP contribution in [-0.4, -0.2) is 16.0 Å². The maximum absolute atomic E-state index is 12.2. The summed E-state index contributed by atoms with van der Waals surface area (Å²) < 4.78 is 13.3. The van der Waals surface area contributed by atoms with Crippen LogP contribution in [0.3, 0.4) is 0 Å². The van der Waals surface area contributed by atoms with Crippen molar-refractivity contribution < 1.29 is 4.74 Å². The summed E-state index contributed by atoms with van der Waals surface area (Å²) in [6, 6.07) is 19.6. The van der Waals surface area contributed by atoms with Crippen molar-refractivity contribution in [3.8, 4) is 5.75 Å². The molecule has 150 valence electrons. The molecule has 0 unspecified atom stereocenters. The smallest absolute Gasteiger partial charge is 0.327 e. The number of hydrogen-bond acceptors (Lipinski definition) is 5. The van der Waals surface area contributed by atoms with E-state index in [4.69, 9.17) is 4.74 Å². The lowest BCUT2D eigenvalue weighted by atomic mass is 10.2. The van der Waals surface area contributed by atoms with Gasteiger partial charge in [0.1, 0.15) is 11.5 Å². The molecule has 1 aliphatic rings. The molecule has 3 N–H and O–H groups in total. The summed E-state index contributed by atoms with van der Waals surface area (Å²) in [6.07, 6.45) is 5.55. The number of nitrogens with zero attached hydrogens (tertiary/aromatic N) is 1. The molecule has 0 amide bonds. The summed E-state index contributed by atoms with van der Waals surface area (Å²) in [5, 5.41) is 7.22. The highest BCUT2D eigenvalue weighted by Gasteiger charge is 2.28. The van der Waals surface area contributed by atoms with Crippen molar-refractivity contribution in [2.75, 3.05) is 5.32 Å². The fourth-order valence-electron chi connectivity index (χ4n) is 2.89. The van der Waals surface area contributed by atoms with Gasteiger partial charge in [0.05, 0.1) is 6.54 Å². The van der Waals surface area contributed by atoms with Crippen molar-refractivity contribution in [2.24, 2.45) is 0 Å². The third-order valence-corrected chi connectivity index (χ3v) is 5.18. The van der Waals surface area contributed by atoms with E-state index < -0.39 is 0 Å². The summed E-state index contributed by atoms with van der Waals surface area (Å²) in [5.41, 5.74) is 1.47. The third-order valence-electron chi connectivity index (χ3n) is 4.38. The summed E-state index contributed by atoms with van der Waals surface area (Å²) in [5.74, 6) is 2.61. The molecular formula is C23H21N4O2S+. The van der Waals surface area contributed by atoms with Crippen molar-refractivity contribution in [2.45, 2.75) is 13.5 Å². The number of anilines is 1. The highest BCUT2D eigenvalue weighted by atomic mass is 32.1. The summed E-state index contributed by atoms with van der Waals surface area (Å²) in [4.78, 5) is 12.2. The van der Waals surface area contributed by atoms with Crippen molar-refractivity contribution in [3.05, 3.63) is 106 Å². The van der Waals surface area contributed by atoms with Gasteiger partial charge in [0.25, 0.3) is 5.56 Å². The first-order valence-corrected chi connectivity index (χ1v) is 10.3. The van der Waals surface area contributed by atoms with Crippen LogP contribution in [0.15, 0.2) is 89.4 Å². The second kappa shape index (κ2) is 9.13. The standard InChI is InChI=1S/C23H20N4O2S/c1-2-17(29-18-11-7-4-8-12-18)13-14-19-25-21(20-22(28)27-30-23(20)26-19)24-15-16-9-5-3-6-10-16/h2-14H,15H2,1H3,(H2,24,25,26,27,28)/p+1/b14-13-,17-2+. The second-order valence-corrected chi connectivity index (χ2v) is 7.30. The Kier molecular flexibility index (Phi) is 5.94. The van der Waals surface area contributed by atoms with Gasteiger partial charge in [-0.05, 0) is 48.3 Å². The number of para-hydroxylation sites is 1. The van der Waals surface area contributed by atoms with Crippen LogP contribution in [0.25, 0.3) is 0 Å². The molecule has 2 heterocycles. The zero-order chi connectivity index (χ0) is 20.8. The van der Waals surface area contributed by atoms with E-state index in [0.717, 1.165) is 16.3 Å². The minimum absolute atomic E-state index is 0.161. The molecule has 0 saturated carbocycles. The predicted octanol–water partition coefficient (Wildman–Crippen LogP) is 3.40. The number of nitrogens with one attached hydrogen (secondary N) is 3. The second-order valence-electron chi connectivity index (χ2n) is 6.49. The molecule has 0 bridgehead atoms. The summed E-state index contributed by atoms with van der Waals surface area (Å²) >= 11 is 1.25. The lowest BCUT2D eigenvalue weighted by Gasteiger charge is -2.07. The zero-order valence-electron chi connectivity index (χ0n) is 16.4. The minimum Gasteiger partial charge on any atom is -0.458 e. The minimum atomic E-state index is -0.161. The van der Waals surface area contributed by atoms with Gasteiger partial charge >= 0.3 is 11.7 Å². The number of hydrogen-bond donors (Lipinski definition) is 3. The summed E-state index contributed by atoms with van der Waals surface area (Å²) in [6.45, 7) is 2.48. The number of fused-ring (bicyclic) bond motifs is 1. The number of rotatable bonds is 6. The molecule has 3 aromatic rings. The first-order chi connectivity index (χ1) is 14.7. The fraction of sp³-hybridized carbons (Fsp3) is 0.0870. The van der Waals surface area contributed by atoms with Crippen LogP contribution in [0.2, 0.25) is 0 Å². The Hall–Kier alpha value is -3.80. The Bertz CT molecular complexity index is 1200. The molecular weight excluding hydrogens is 396 g/mol. The van der Waals surface area contributed by atoms with E-state index in [9.17, 15) is 4.79 Å². The van der Waals surface area contributed by atoms with E-state index >= 15 is 0 Å². The molecule has 30 heavy (non-hydrogen) atoms. The maximum atomic E-state index is 12.2. The molecule has 0 atom stereocenters. The molecule has 1 aromatic heterocycles. The van der Waals surface area contributed by atoms with E-state index in [1.54, 1.807) is 0 Å². The first-order valence-electron chi connectivity index (χ1n) is 9.52. The quantitative estimate of drug-likeness (QED) is 0.326. The molecule has 7 heteroatoms. The lowest BCUT2D eigenvalue weighted by Crippen LogP contribution is -2.36. The van der Waals surface area contributed by atoms with Crippen LogP contribution in [-0.2, 0) is 6.54 Å². The topological polar surface area (TPSA) is 80.2 Å². The predicted molar refractivity (Wildman–Crippen MR) is 123 cm³/mol. The van der Waals surface area contributed by atoms with Crippen LogP contribution >= 0.6 is 11.5 Å². The maximum Gasteiger partial charge on any atom is 0.327 e. The van der Waals surface area contributed by atoms with Gasteiger partial charge in [-0.1, -0.05) is 48.5 Å². The van der Waals surface area contributed by atoms with Gasteiger partial charge in [0.15, 0.2) is 10.6 Å². The Morgan fingerprint density at radius 2 is 1.87 bits per heavy atom. The average Bonchev–Trinajstić information content (AvgIpc) is 3.17. The van der Waals surface area contributed by atoms with E-state index in [1.807, 2.05) is 85.8 Å². The van der Waals surface area contributed by atoms with Crippen molar-refractivity contribution in [1.29, 1.82) is 0 Å². The van der Waals surface area contributed by atoms with Gasteiger partial charge in [-0.2, -0.15) is 0 Å². The molecule has 0 radical (unpaired) electrons. The highest BCUT2D eigenvalue weighted by Crippen LogP contribution is 2.19. The SMILES string of the molecule is C/C=C(\C=C/C1=[N+]=C(NCc2ccccc2)c2c(s[nH]c2=O)N1)Oc1ccccc1. The summed E-state index contributed by atoms with van der Waals surface area (Å²) in [7, 11) is 0. The number of ether oxygens (including phenoxy) is 1. The highest BCUT2D eigenvalue weighted by molar-refractivity contribution is 7.10. The van der Waals surface area contributed by atoms with Gasteiger partial charge in [-0.3, -0.25) is 14.5 Å². The van der Waals surface area contributed by atoms with Crippen LogP contribution < -0.4 is 25.6 Å². The molecule has 6 nitrogen and oxygen atoms in total. The number of benzene rings is 2. The van der Waals surface area contributed by atoms with Gasteiger partial charge in [0, 0.05) is 6.08 Å². The number of H-pyrrole nitrogens is 1. The van der Waals surface area contributed by atoms with Gasteiger partial charge in [-0.25, -0.2) is 9.98 Å².